The van der Waals surface area contributed by atoms with E-state index < -0.39 is 35.9 Å². The van der Waals surface area contributed by atoms with Crippen LogP contribution in [-0.4, -0.2) is 94.3 Å². The molecular formula is C34H32ClF5N6O6. The lowest BCUT2D eigenvalue weighted by Crippen LogP contribution is -2.36. The first-order chi connectivity index (χ1) is 24.7. The molecule has 2 saturated heterocycles. The molecule has 0 unspecified atom stereocenters. The lowest BCUT2D eigenvalue weighted by molar-refractivity contribution is -0.138. The van der Waals surface area contributed by atoms with Crippen molar-refractivity contribution in [3.63, 3.8) is 0 Å². The largest absolute Gasteiger partial charge is 0.478 e. The minimum absolute atomic E-state index is 0.00781. The van der Waals surface area contributed by atoms with Gasteiger partial charge in [0.25, 0.3) is 6.43 Å². The van der Waals surface area contributed by atoms with Gasteiger partial charge in [0.15, 0.2) is 5.82 Å². The van der Waals surface area contributed by atoms with E-state index >= 15 is 0 Å². The summed E-state index contributed by atoms with van der Waals surface area (Å²) in [6.45, 7) is 6.01. The molecule has 52 heavy (non-hydrogen) atoms. The van der Waals surface area contributed by atoms with Crippen molar-refractivity contribution < 1.29 is 51.2 Å². The second-order valence-corrected chi connectivity index (χ2v) is 12.4. The highest BCUT2D eigenvalue weighted by Crippen LogP contribution is 2.35. The number of imidazole rings is 2. The van der Waals surface area contributed by atoms with Crippen molar-refractivity contribution in [1.29, 1.82) is 0 Å². The summed E-state index contributed by atoms with van der Waals surface area (Å²) < 4.78 is 77.5. The van der Waals surface area contributed by atoms with Crippen molar-refractivity contribution in [3.8, 4) is 0 Å². The van der Waals surface area contributed by atoms with Gasteiger partial charge in [-0.05, 0) is 60.0 Å². The van der Waals surface area contributed by atoms with Crippen LogP contribution in [0.1, 0.15) is 49.7 Å². The fraction of sp³-hybridized carbons (Fsp3) is 0.353. The Morgan fingerprint density at radius 1 is 0.885 bits per heavy atom. The lowest BCUT2D eigenvalue weighted by Gasteiger charge is -2.29. The number of carbonyl (C=O) groups is 2. The highest BCUT2D eigenvalue weighted by Gasteiger charge is 2.33. The molecule has 2 aromatic heterocycles. The topological polar surface area (TPSA) is 146 Å². The first-order valence-electron chi connectivity index (χ1n) is 16.0. The first kappa shape index (κ1) is 36.8. The van der Waals surface area contributed by atoms with E-state index in [2.05, 4.69) is 15.0 Å². The second kappa shape index (κ2) is 14.9. The number of alkyl halides is 5. The molecule has 7 rings (SSSR count). The Morgan fingerprint density at radius 2 is 1.44 bits per heavy atom. The molecule has 276 valence electrons. The number of hydrogen-bond donors (Lipinski definition) is 3. The number of anilines is 2. The monoisotopic (exact) mass is 750 g/mol. The first-order valence-corrected chi connectivity index (χ1v) is 16.4. The van der Waals surface area contributed by atoms with Gasteiger partial charge in [-0.1, -0.05) is 12.1 Å². The highest BCUT2D eigenvalue weighted by molar-refractivity contribution is 6.29. The predicted molar refractivity (Wildman–Crippen MR) is 181 cm³/mol. The number of nitrogens with one attached hydrogen (secondary N) is 1. The van der Waals surface area contributed by atoms with Gasteiger partial charge >= 0.3 is 18.1 Å². The van der Waals surface area contributed by atoms with Gasteiger partial charge in [-0.25, -0.2) is 28.3 Å². The van der Waals surface area contributed by atoms with Gasteiger partial charge < -0.3 is 39.0 Å². The van der Waals surface area contributed by atoms with Crippen LogP contribution in [0.2, 0.25) is 5.28 Å². The molecule has 18 heteroatoms. The van der Waals surface area contributed by atoms with Crippen LogP contribution in [0.25, 0.3) is 22.1 Å². The molecule has 4 heterocycles. The number of carboxylic acid groups (broad SMARTS) is 2. The Labute approximate surface area is 297 Å². The number of nitrogens with zero attached hydrogens (tertiary/aromatic N) is 5. The SMILES string of the molecule is Cc1c(Cn2c(Cl)nc3c(C(=O)O)cc(N4CCOCC4)cc32)cccc1C(F)(F)F.O=C(O)c1cc(N2CCOCC2)cc2[nH]c(C(F)F)nc12. The molecule has 12 nitrogen and oxygen atoms in total. The summed E-state index contributed by atoms with van der Waals surface area (Å²) in [4.78, 5) is 37.6. The maximum Gasteiger partial charge on any atom is 0.416 e. The molecular weight excluding hydrogens is 719 g/mol. The Bertz CT molecular complexity index is 2130. The molecule has 2 aliphatic heterocycles. The van der Waals surface area contributed by atoms with Gasteiger partial charge in [-0.2, -0.15) is 13.2 Å². The Kier molecular flexibility index (Phi) is 10.6. The number of aromatic carboxylic acids is 2. The zero-order valence-corrected chi connectivity index (χ0v) is 28.3. The third-order valence-electron chi connectivity index (χ3n) is 8.88. The molecule has 3 aromatic carbocycles. The number of fused-ring (bicyclic) bond motifs is 2. The average molecular weight is 751 g/mol. The lowest BCUT2D eigenvalue weighted by atomic mass is 10.0. The number of halogens is 6. The van der Waals surface area contributed by atoms with Crippen LogP contribution in [0.5, 0.6) is 0 Å². The smallest absolute Gasteiger partial charge is 0.416 e. The van der Waals surface area contributed by atoms with Crippen LogP contribution in [0.4, 0.5) is 33.3 Å². The maximum atomic E-state index is 13.3. The summed E-state index contributed by atoms with van der Waals surface area (Å²) >= 11 is 6.32. The number of ether oxygens (including phenoxy) is 2. The molecule has 2 aliphatic rings. The molecule has 0 atom stereocenters. The summed E-state index contributed by atoms with van der Waals surface area (Å²) in [6.07, 6.45) is -7.24. The van der Waals surface area contributed by atoms with Crippen LogP contribution in [0.3, 0.4) is 0 Å². The van der Waals surface area contributed by atoms with Gasteiger partial charge in [0, 0.05) is 37.6 Å². The maximum absolute atomic E-state index is 13.3. The second-order valence-electron chi connectivity index (χ2n) is 12.0. The fourth-order valence-corrected chi connectivity index (χ4v) is 6.46. The van der Waals surface area contributed by atoms with E-state index in [-0.39, 0.29) is 39.6 Å². The summed E-state index contributed by atoms with van der Waals surface area (Å²) in [6, 6.07) is 10.4. The molecule has 3 N–H and O–H groups in total. The highest BCUT2D eigenvalue weighted by atomic mass is 35.5. The van der Waals surface area contributed by atoms with Crippen molar-refractivity contribution in [3.05, 3.63) is 81.4 Å². The Balaban J connectivity index is 0.000000192. The summed E-state index contributed by atoms with van der Waals surface area (Å²) in [7, 11) is 0. The van der Waals surface area contributed by atoms with Crippen molar-refractivity contribution in [2.75, 3.05) is 62.4 Å². The molecule has 5 aromatic rings. The average Bonchev–Trinajstić information content (AvgIpc) is 3.69. The number of aromatic amines is 1. The van der Waals surface area contributed by atoms with E-state index in [4.69, 9.17) is 21.1 Å². The zero-order valence-electron chi connectivity index (χ0n) is 27.5. The van der Waals surface area contributed by atoms with Crippen molar-refractivity contribution in [1.82, 2.24) is 19.5 Å². The van der Waals surface area contributed by atoms with Gasteiger partial charge in [0.1, 0.15) is 11.0 Å². The van der Waals surface area contributed by atoms with Crippen molar-refractivity contribution >= 4 is 57.0 Å². The van der Waals surface area contributed by atoms with Gasteiger partial charge in [0.05, 0.1) is 60.7 Å². The Morgan fingerprint density at radius 3 is 1.98 bits per heavy atom. The van der Waals surface area contributed by atoms with Gasteiger partial charge in [-0.3, -0.25) is 0 Å². The number of benzene rings is 3. The number of hydrogen-bond acceptors (Lipinski definition) is 8. The fourth-order valence-electron chi connectivity index (χ4n) is 6.22. The standard InChI is InChI=1S/C21H19ClF3N3O3.C13H13F2N3O3/c1-12-13(3-2-4-16(12)21(23,24)25)11-28-17-10-14(27-5-7-31-8-6-27)9-15(19(29)30)18(17)26-20(28)22;14-11(15)12-16-9-6-7(18-1-3-21-4-2-18)5-8(13(19)20)10(9)17-12/h2-4,9-10H,5-8,11H2,1H3,(H,29,30);5-6,11H,1-4H2,(H,16,17)(H,19,20). The minimum Gasteiger partial charge on any atom is -0.478 e. The molecule has 2 fully saturated rings. The van der Waals surface area contributed by atoms with E-state index in [9.17, 15) is 41.8 Å². The van der Waals surface area contributed by atoms with E-state index in [1.165, 1.54) is 23.6 Å². The molecule has 0 saturated carbocycles. The Hall–Kier alpha value is -5.00. The van der Waals surface area contributed by atoms with Crippen molar-refractivity contribution in [2.45, 2.75) is 26.1 Å². The van der Waals surface area contributed by atoms with Crippen LogP contribution in [-0.2, 0) is 22.2 Å². The molecule has 0 spiro atoms. The predicted octanol–water partition coefficient (Wildman–Crippen LogP) is 6.64. The molecule has 0 aliphatic carbocycles. The van der Waals surface area contributed by atoms with Crippen LogP contribution in [0.15, 0.2) is 42.5 Å². The van der Waals surface area contributed by atoms with E-state index in [0.717, 1.165) is 6.07 Å². The third kappa shape index (κ3) is 7.61. The molecule has 0 amide bonds. The van der Waals surface area contributed by atoms with Crippen LogP contribution >= 0.6 is 11.6 Å². The van der Waals surface area contributed by atoms with Gasteiger partial charge in [-0.15, -0.1) is 0 Å². The third-order valence-corrected chi connectivity index (χ3v) is 9.17. The number of H-pyrrole nitrogens is 1. The quantitative estimate of drug-likeness (QED) is 0.155. The van der Waals surface area contributed by atoms with E-state index in [1.54, 1.807) is 24.3 Å². The number of carboxylic acids is 2. The minimum atomic E-state index is -4.47. The number of morpholine rings is 2. The van der Waals surface area contributed by atoms with Crippen LogP contribution < -0.4 is 9.80 Å². The summed E-state index contributed by atoms with van der Waals surface area (Å²) in [5.74, 6) is -2.87. The summed E-state index contributed by atoms with van der Waals surface area (Å²) in [5, 5.41) is 19.0. The summed E-state index contributed by atoms with van der Waals surface area (Å²) in [5.41, 5.74) is 2.02. The van der Waals surface area contributed by atoms with Crippen LogP contribution in [0, 0.1) is 6.92 Å². The number of rotatable bonds is 7. The normalized spacial score (nSPS) is 15.3. The molecule has 0 radical (unpaired) electrons. The zero-order chi connectivity index (χ0) is 37.3. The van der Waals surface area contributed by atoms with Gasteiger partial charge in [0.2, 0.25) is 5.28 Å². The molecule has 0 bridgehead atoms. The van der Waals surface area contributed by atoms with Crippen molar-refractivity contribution in [2.24, 2.45) is 0 Å². The van der Waals surface area contributed by atoms with E-state index in [0.29, 0.717) is 80.6 Å². The van der Waals surface area contributed by atoms with E-state index in [1.807, 2.05) is 9.80 Å². The number of aromatic nitrogens is 4.